The molecule has 0 bridgehead atoms. The fraction of sp³-hybridized carbons (Fsp3) is 0.421. The molecule has 0 amide bonds. The maximum absolute atomic E-state index is 13.2. The predicted molar refractivity (Wildman–Crippen MR) is 128 cm³/mol. The van der Waals surface area contributed by atoms with Crippen molar-refractivity contribution in [2.45, 2.75) is 24.8 Å². The number of methoxy groups -OCH3 is 2. The van der Waals surface area contributed by atoms with Gasteiger partial charge in [-0.2, -0.15) is 0 Å². The first kappa shape index (κ1) is 25.9. The Morgan fingerprint density at radius 3 is 2.53 bits per heavy atom. The molecule has 3 aromatic heterocycles. The molecular weight excluding hydrogens is 506 g/mol. The fourth-order valence-corrected chi connectivity index (χ4v) is 4.70. The van der Waals surface area contributed by atoms with E-state index in [0.717, 1.165) is 0 Å². The standard InChI is InChI=1S/C19H24ClN7O5S2/c1-12(16(32-3)17-21-10-13(20)11-22-17)34(29,30)26-19-25-24-18(27(19)8-9-33(4)28)14-6-5-7-15(23-14)31-2/h5-7,10-12,16H,8-9H2,1-4H3,(H,25,26)/t12?,16?,33-/m0/s1. The van der Waals surface area contributed by atoms with Crippen molar-refractivity contribution in [3.63, 3.8) is 0 Å². The quantitative estimate of drug-likeness (QED) is 0.388. The molecule has 15 heteroatoms. The summed E-state index contributed by atoms with van der Waals surface area (Å²) in [4.78, 5) is 12.5. The Kier molecular flexibility index (Phi) is 8.52. The molecule has 0 spiro atoms. The summed E-state index contributed by atoms with van der Waals surface area (Å²) in [5, 5.41) is 7.33. The molecule has 34 heavy (non-hydrogen) atoms. The second-order valence-corrected chi connectivity index (χ2v) is 11.1. The van der Waals surface area contributed by atoms with Crippen LogP contribution in [-0.2, 0) is 32.1 Å². The van der Waals surface area contributed by atoms with E-state index in [4.69, 9.17) is 21.1 Å². The van der Waals surface area contributed by atoms with Gasteiger partial charge in [-0.3, -0.25) is 13.5 Å². The van der Waals surface area contributed by atoms with E-state index in [1.807, 2.05) is 0 Å². The molecule has 0 aromatic carbocycles. The van der Waals surface area contributed by atoms with Crippen molar-refractivity contribution >= 4 is 38.4 Å². The maximum Gasteiger partial charge on any atom is 0.240 e. The van der Waals surface area contributed by atoms with E-state index in [2.05, 4.69) is 29.9 Å². The molecule has 0 saturated heterocycles. The van der Waals surface area contributed by atoms with Crippen LogP contribution in [0.25, 0.3) is 11.5 Å². The Labute approximate surface area is 204 Å². The zero-order valence-electron chi connectivity index (χ0n) is 18.9. The zero-order chi connectivity index (χ0) is 24.9. The van der Waals surface area contributed by atoms with Gasteiger partial charge in [0.15, 0.2) is 11.6 Å². The van der Waals surface area contributed by atoms with Gasteiger partial charge in [0, 0.05) is 54.9 Å². The first-order chi connectivity index (χ1) is 16.2. The van der Waals surface area contributed by atoms with E-state index in [-0.39, 0.29) is 24.1 Å². The van der Waals surface area contributed by atoms with Crippen molar-refractivity contribution in [3.05, 3.63) is 41.4 Å². The summed E-state index contributed by atoms with van der Waals surface area (Å²) in [7, 11) is -2.36. The molecule has 3 rings (SSSR count). The van der Waals surface area contributed by atoms with Gasteiger partial charge in [-0.1, -0.05) is 17.7 Å². The van der Waals surface area contributed by atoms with Crippen LogP contribution >= 0.6 is 11.6 Å². The van der Waals surface area contributed by atoms with Crippen LogP contribution in [0.5, 0.6) is 5.88 Å². The molecule has 0 aliphatic carbocycles. The molecule has 3 heterocycles. The van der Waals surface area contributed by atoms with Crippen molar-refractivity contribution in [1.82, 2.24) is 29.7 Å². The lowest BCUT2D eigenvalue weighted by molar-refractivity contribution is 0.0950. The number of hydrogen-bond donors (Lipinski definition) is 1. The van der Waals surface area contributed by atoms with E-state index >= 15 is 0 Å². The average molecular weight is 530 g/mol. The number of ether oxygens (including phenoxy) is 2. The van der Waals surface area contributed by atoms with Gasteiger partial charge in [-0.05, 0) is 13.0 Å². The van der Waals surface area contributed by atoms with Crippen LogP contribution in [0.4, 0.5) is 5.95 Å². The molecule has 0 radical (unpaired) electrons. The van der Waals surface area contributed by atoms with Crippen molar-refractivity contribution in [2.24, 2.45) is 0 Å². The molecule has 0 fully saturated rings. The molecule has 2 unspecified atom stereocenters. The summed E-state index contributed by atoms with van der Waals surface area (Å²) in [6.07, 6.45) is 3.29. The highest BCUT2D eigenvalue weighted by Gasteiger charge is 2.34. The van der Waals surface area contributed by atoms with Crippen LogP contribution in [0.1, 0.15) is 18.9 Å². The van der Waals surface area contributed by atoms with Crippen molar-refractivity contribution in [2.75, 3.05) is 31.0 Å². The third kappa shape index (κ3) is 6.05. The van der Waals surface area contributed by atoms with Crippen molar-refractivity contribution < 1.29 is 22.1 Å². The molecule has 3 aromatic rings. The first-order valence-electron chi connectivity index (χ1n) is 9.92. The Morgan fingerprint density at radius 1 is 1.21 bits per heavy atom. The molecule has 0 aliphatic rings. The second-order valence-electron chi connectivity index (χ2n) is 7.11. The van der Waals surface area contributed by atoms with E-state index in [1.54, 1.807) is 24.5 Å². The third-order valence-corrected chi connectivity index (χ3v) is 7.46. The minimum atomic E-state index is -4.06. The highest BCUT2D eigenvalue weighted by atomic mass is 35.5. The number of pyridine rings is 1. The van der Waals surface area contributed by atoms with Gasteiger partial charge in [0.1, 0.15) is 17.0 Å². The predicted octanol–water partition coefficient (Wildman–Crippen LogP) is 1.69. The van der Waals surface area contributed by atoms with Crippen LogP contribution in [0.2, 0.25) is 5.02 Å². The number of halogens is 1. The monoisotopic (exact) mass is 529 g/mol. The SMILES string of the molecule is COc1cccc(-c2nnc(NS(=O)(=O)C(C)C(OC)c3ncc(Cl)cn3)n2CC[S@](C)=O)n1. The van der Waals surface area contributed by atoms with Gasteiger partial charge in [0.25, 0.3) is 0 Å². The molecule has 3 atom stereocenters. The number of anilines is 1. The maximum atomic E-state index is 13.2. The summed E-state index contributed by atoms with van der Waals surface area (Å²) in [5.41, 5.74) is 0.413. The topological polar surface area (TPSA) is 151 Å². The lowest BCUT2D eigenvalue weighted by atomic mass is 10.2. The van der Waals surface area contributed by atoms with E-state index in [0.29, 0.717) is 22.4 Å². The summed E-state index contributed by atoms with van der Waals surface area (Å²) >= 11 is 5.83. The highest BCUT2D eigenvalue weighted by Crippen LogP contribution is 2.26. The Balaban J connectivity index is 1.95. The number of nitrogens with one attached hydrogen (secondary N) is 1. The Bertz CT molecular complexity index is 1250. The normalized spacial score (nSPS) is 14.4. The number of hydrogen-bond acceptors (Lipinski definition) is 10. The lowest BCUT2D eigenvalue weighted by Crippen LogP contribution is -2.33. The van der Waals surface area contributed by atoms with Gasteiger partial charge in [0.2, 0.25) is 21.9 Å². The van der Waals surface area contributed by atoms with Crippen LogP contribution in [0.15, 0.2) is 30.6 Å². The molecule has 12 nitrogen and oxygen atoms in total. The summed E-state index contributed by atoms with van der Waals surface area (Å²) in [5.74, 6) is 1.00. The van der Waals surface area contributed by atoms with Gasteiger partial charge < -0.3 is 9.47 Å². The summed E-state index contributed by atoms with van der Waals surface area (Å²) in [6, 6.07) is 5.07. The van der Waals surface area contributed by atoms with E-state index in [9.17, 15) is 12.6 Å². The average Bonchev–Trinajstić information content (AvgIpc) is 3.20. The van der Waals surface area contributed by atoms with Crippen LogP contribution in [-0.4, -0.2) is 73.8 Å². The Morgan fingerprint density at radius 2 is 1.91 bits per heavy atom. The molecular formula is C19H24ClN7O5S2. The second kappa shape index (κ2) is 11.2. The molecule has 1 N–H and O–H groups in total. The summed E-state index contributed by atoms with van der Waals surface area (Å²) < 4.78 is 52.7. The number of sulfonamides is 1. The highest BCUT2D eigenvalue weighted by molar-refractivity contribution is 7.93. The number of aromatic nitrogens is 6. The van der Waals surface area contributed by atoms with Crippen LogP contribution < -0.4 is 9.46 Å². The third-order valence-electron chi connectivity index (χ3n) is 4.81. The van der Waals surface area contributed by atoms with E-state index < -0.39 is 32.2 Å². The molecule has 0 saturated carbocycles. The van der Waals surface area contributed by atoms with Gasteiger partial charge >= 0.3 is 0 Å². The smallest absolute Gasteiger partial charge is 0.240 e. The lowest BCUT2D eigenvalue weighted by Gasteiger charge is -2.22. The van der Waals surface area contributed by atoms with Crippen LogP contribution in [0.3, 0.4) is 0 Å². The molecule has 184 valence electrons. The van der Waals surface area contributed by atoms with Gasteiger partial charge in [-0.25, -0.2) is 23.4 Å². The van der Waals surface area contributed by atoms with Crippen molar-refractivity contribution in [1.29, 1.82) is 0 Å². The van der Waals surface area contributed by atoms with Gasteiger partial charge in [0.05, 0.1) is 12.1 Å². The van der Waals surface area contributed by atoms with Crippen molar-refractivity contribution in [3.8, 4) is 17.4 Å². The van der Waals surface area contributed by atoms with Crippen LogP contribution in [0, 0.1) is 0 Å². The Hall–Kier alpha value is -2.68. The number of rotatable bonds is 11. The van der Waals surface area contributed by atoms with E-state index in [1.165, 1.54) is 38.1 Å². The minimum Gasteiger partial charge on any atom is -0.481 e. The fourth-order valence-electron chi connectivity index (χ4n) is 3.01. The number of nitrogens with zero attached hydrogens (tertiary/aromatic N) is 6. The minimum absolute atomic E-state index is 0.0520. The zero-order valence-corrected chi connectivity index (χ0v) is 21.3. The van der Waals surface area contributed by atoms with Gasteiger partial charge in [-0.15, -0.1) is 10.2 Å². The largest absolute Gasteiger partial charge is 0.481 e. The summed E-state index contributed by atoms with van der Waals surface area (Å²) in [6.45, 7) is 1.64. The molecule has 0 aliphatic heterocycles. The first-order valence-corrected chi connectivity index (χ1v) is 13.6.